The molecule has 0 radical (unpaired) electrons. The monoisotopic (exact) mass is 355 g/mol. The molecule has 1 unspecified atom stereocenters. The molecule has 1 aliphatic heterocycles. The van der Waals surface area contributed by atoms with Gasteiger partial charge < -0.3 is 10.0 Å². The molecule has 134 valence electrons. The Morgan fingerprint density at radius 2 is 1.33 bits per heavy atom. The fourth-order valence-corrected chi connectivity index (χ4v) is 3.55. The highest BCUT2D eigenvalue weighted by atomic mass is 16.3. The van der Waals surface area contributed by atoms with Crippen LogP contribution in [0.5, 0.6) is 0 Å². The van der Waals surface area contributed by atoms with E-state index < -0.39 is 5.72 Å². The molecule has 1 N–H and O–H groups in total. The van der Waals surface area contributed by atoms with Crippen molar-refractivity contribution in [2.45, 2.75) is 12.1 Å². The van der Waals surface area contributed by atoms with Crippen molar-refractivity contribution >= 4 is 11.5 Å². The fourth-order valence-electron chi connectivity index (χ4n) is 3.55. The quantitative estimate of drug-likeness (QED) is 0.751. The van der Waals surface area contributed by atoms with Gasteiger partial charge in [0, 0.05) is 17.7 Å². The van der Waals surface area contributed by atoms with Crippen molar-refractivity contribution in [3.05, 3.63) is 114 Å². The summed E-state index contributed by atoms with van der Waals surface area (Å²) in [5.74, 6) is -0.150. The molecule has 1 aliphatic rings. The first-order chi connectivity index (χ1) is 13.2. The second-order valence-electron chi connectivity index (χ2n) is 6.71. The minimum Gasteiger partial charge on any atom is -0.363 e. The highest BCUT2D eigenvalue weighted by Gasteiger charge is 2.45. The number of rotatable bonds is 5. The van der Waals surface area contributed by atoms with Gasteiger partial charge in [-0.25, -0.2) is 0 Å². The van der Waals surface area contributed by atoms with E-state index in [1.807, 2.05) is 91.0 Å². The Kier molecular flexibility index (Phi) is 4.61. The van der Waals surface area contributed by atoms with Gasteiger partial charge in [0.25, 0.3) is 5.91 Å². The van der Waals surface area contributed by atoms with Gasteiger partial charge in [-0.15, -0.1) is 0 Å². The van der Waals surface area contributed by atoms with E-state index >= 15 is 0 Å². The van der Waals surface area contributed by atoms with Crippen molar-refractivity contribution < 1.29 is 9.90 Å². The van der Waals surface area contributed by atoms with Crippen molar-refractivity contribution in [2.24, 2.45) is 0 Å². The number of carbonyl (C=O) groups excluding carboxylic acids is 1. The SMILES string of the molecule is O=C1C(c2ccccc2)=CC(O)(c2ccccc2)N1CCc1ccccc1. The van der Waals surface area contributed by atoms with Gasteiger partial charge >= 0.3 is 0 Å². The molecule has 4 rings (SSSR count). The molecule has 3 heteroatoms. The maximum absolute atomic E-state index is 13.2. The van der Waals surface area contributed by atoms with Crippen molar-refractivity contribution in [1.82, 2.24) is 4.90 Å². The van der Waals surface area contributed by atoms with E-state index in [-0.39, 0.29) is 5.91 Å². The molecule has 0 spiro atoms. The van der Waals surface area contributed by atoms with Gasteiger partial charge in [0.2, 0.25) is 0 Å². The van der Waals surface area contributed by atoms with E-state index in [0.29, 0.717) is 24.1 Å². The van der Waals surface area contributed by atoms with Gasteiger partial charge in [-0.2, -0.15) is 0 Å². The van der Waals surface area contributed by atoms with Crippen molar-refractivity contribution in [3.8, 4) is 0 Å². The molecule has 0 saturated heterocycles. The normalized spacial score (nSPS) is 19.2. The van der Waals surface area contributed by atoms with Crippen LogP contribution in [-0.4, -0.2) is 22.5 Å². The van der Waals surface area contributed by atoms with Crippen molar-refractivity contribution in [1.29, 1.82) is 0 Å². The minimum atomic E-state index is -1.45. The van der Waals surface area contributed by atoms with Gasteiger partial charge in [-0.3, -0.25) is 4.79 Å². The highest BCUT2D eigenvalue weighted by Crippen LogP contribution is 2.39. The molecule has 3 aromatic rings. The third kappa shape index (κ3) is 3.29. The van der Waals surface area contributed by atoms with E-state index in [4.69, 9.17) is 0 Å². The minimum absolute atomic E-state index is 0.150. The van der Waals surface area contributed by atoms with Crippen LogP contribution in [0.25, 0.3) is 5.57 Å². The predicted octanol–water partition coefficient (Wildman–Crippen LogP) is 4.00. The van der Waals surface area contributed by atoms with Gasteiger partial charge in [-0.1, -0.05) is 91.0 Å². The van der Waals surface area contributed by atoms with Gasteiger partial charge in [0.15, 0.2) is 5.72 Å². The van der Waals surface area contributed by atoms with E-state index in [0.717, 1.165) is 11.1 Å². The summed E-state index contributed by atoms with van der Waals surface area (Å²) in [6, 6.07) is 28.9. The molecule has 27 heavy (non-hydrogen) atoms. The van der Waals surface area contributed by atoms with Crippen molar-refractivity contribution in [3.63, 3.8) is 0 Å². The van der Waals surface area contributed by atoms with Crippen LogP contribution in [0, 0.1) is 0 Å². The molecule has 3 aromatic carbocycles. The Balaban J connectivity index is 1.71. The van der Waals surface area contributed by atoms with E-state index in [9.17, 15) is 9.90 Å². The van der Waals surface area contributed by atoms with Crippen LogP contribution in [0.2, 0.25) is 0 Å². The number of carbonyl (C=O) groups is 1. The average molecular weight is 355 g/mol. The summed E-state index contributed by atoms with van der Waals surface area (Å²) in [4.78, 5) is 14.8. The fraction of sp³-hybridized carbons (Fsp3) is 0.125. The second kappa shape index (κ2) is 7.22. The van der Waals surface area contributed by atoms with Gasteiger partial charge in [0.1, 0.15) is 0 Å². The zero-order chi connectivity index (χ0) is 18.7. The lowest BCUT2D eigenvalue weighted by Crippen LogP contribution is -2.45. The molecule has 0 bridgehead atoms. The molecule has 3 nitrogen and oxygen atoms in total. The van der Waals surface area contributed by atoms with Crippen LogP contribution < -0.4 is 0 Å². The maximum Gasteiger partial charge on any atom is 0.257 e. The van der Waals surface area contributed by atoms with Gasteiger partial charge in [0.05, 0.1) is 0 Å². The molecular weight excluding hydrogens is 334 g/mol. The number of hydrogen-bond donors (Lipinski definition) is 1. The summed E-state index contributed by atoms with van der Waals surface area (Å²) in [5.41, 5.74) is 1.73. The molecule has 0 fully saturated rings. The molecule has 1 heterocycles. The summed E-state index contributed by atoms with van der Waals surface area (Å²) in [5, 5.41) is 11.5. The number of benzene rings is 3. The van der Waals surface area contributed by atoms with Crippen LogP contribution in [0.4, 0.5) is 0 Å². The molecular formula is C24H21NO2. The third-order valence-corrected chi connectivity index (χ3v) is 4.98. The summed E-state index contributed by atoms with van der Waals surface area (Å²) < 4.78 is 0. The number of hydrogen-bond acceptors (Lipinski definition) is 2. The largest absolute Gasteiger partial charge is 0.363 e. The van der Waals surface area contributed by atoms with Crippen LogP contribution in [0.3, 0.4) is 0 Å². The van der Waals surface area contributed by atoms with Gasteiger partial charge in [-0.05, 0) is 23.6 Å². The van der Waals surface area contributed by atoms with E-state index in [2.05, 4.69) is 0 Å². The first kappa shape index (κ1) is 17.3. The smallest absolute Gasteiger partial charge is 0.257 e. The summed E-state index contributed by atoms with van der Waals surface area (Å²) >= 11 is 0. The number of amides is 1. The van der Waals surface area contributed by atoms with E-state index in [1.165, 1.54) is 0 Å². The third-order valence-electron chi connectivity index (χ3n) is 4.98. The lowest BCUT2D eigenvalue weighted by atomic mass is 10.00. The predicted molar refractivity (Wildman–Crippen MR) is 107 cm³/mol. The highest BCUT2D eigenvalue weighted by molar-refractivity contribution is 6.22. The lowest BCUT2D eigenvalue weighted by Gasteiger charge is -2.33. The Hall–Kier alpha value is -3.17. The van der Waals surface area contributed by atoms with Crippen LogP contribution in [0.1, 0.15) is 16.7 Å². The topological polar surface area (TPSA) is 40.5 Å². The Bertz CT molecular complexity index is 951. The summed E-state index contributed by atoms with van der Waals surface area (Å²) in [6.07, 6.45) is 2.36. The first-order valence-electron chi connectivity index (χ1n) is 9.10. The Labute approximate surface area is 159 Å². The average Bonchev–Trinajstić information content (AvgIpc) is 3.00. The Morgan fingerprint density at radius 3 is 1.96 bits per heavy atom. The molecule has 0 aliphatic carbocycles. The standard InChI is InChI=1S/C24H21NO2/c26-23-22(20-12-6-2-7-13-20)18-24(27,21-14-8-3-9-15-21)25(23)17-16-19-10-4-1-5-11-19/h1-15,18,27H,16-17H2. The van der Waals surface area contributed by atoms with E-state index in [1.54, 1.807) is 11.0 Å². The number of aliphatic hydroxyl groups is 1. The lowest BCUT2D eigenvalue weighted by molar-refractivity contribution is -0.142. The molecule has 0 saturated carbocycles. The zero-order valence-corrected chi connectivity index (χ0v) is 15.0. The van der Waals surface area contributed by atoms with Crippen LogP contribution in [0.15, 0.2) is 97.1 Å². The van der Waals surface area contributed by atoms with Crippen LogP contribution >= 0.6 is 0 Å². The summed E-state index contributed by atoms with van der Waals surface area (Å²) in [6.45, 7) is 0.432. The molecule has 1 atom stereocenters. The van der Waals surface area contributed by atoms with Crippen molar-refractivity contribution in [2.75, 3.05) is 6.54 Å². The molecule has 0 aromatic heterocycles. The zero-order valence-electron chi connectivity index (χ0n) is 15.0. The maximum atomic E-state index is 13.2. The first-order valence-corrected chi connectivity index (χ1v) is 9.10. The second-order valence-corrected chi connectivity index (χ2v) is 6.71. The summed E-state index contributed by atoms with van der Waals surface area (Å²) in [7, 11) is 0. The van der Waals surface area contributed by atoms with Crippen LogP contribution in [-0.2, 0) is 16.9 Å². The number of nitrogens with zero attached hydrogens (tertiary/aromatic N) is 1. The molecule has 1 amide bonds. The Morgan fingerprint density at radius 1 is 0.778 bits per heavy atom.